The van der Waals surface area contributed by atoms with Crippen molar-refractivity contribution in [1.82, 2.24) is 5.32 Å². The fraction of sp³-hybridized carbons (Fsp3) is 0.421. The topological polar surface area (TPSA) is 42.2 Å². The Bertz CT molecular complexity index is 598. The van der Waals surface area contributed by atoms with Crippen molar-refractivity contribution in [2.45, 2.75) is 52.5 Å². The summed E-state index contributed by atoms with van der Waals surface area (Å²) in [5, 5.41) is 2.97. The van der Waals surface area contributed by atoms with Crippen molar-refractivity contribution in [3.05, 3.63) is 47.7 Å². The highest BCUT2D eigenvalue weighted by molar-refractivity contribution is 5.76. The van der Waals surface area contributed by atoms with Crippen LogP contribution in [0.25, 0.3) is 11.3 Å². The van der Waals surface area contributed by atoms with Crippen molar-refractivity contribution >= 4 is 5.91 Å². The molecule has 3 nitrogen and oxygen atoms in total. The molecule has 1 unspecified atom stereocenters. The number of carbonyl (C=O) groups is 1. The molecule has 2 aromatic rings. The Kier molecular flexibility index (Phi) is 5.82. The largest absolute Gasteiger partial charge is 0.461 e. The Balaban J connectivity index is 2.05. The van der Waals surface area contributed by atoms with Crippen LogP contribution in [0.1, 0.15) is 57.4 Å². The smallest absolute Gasteiger partial charge is 0.220 e. The highest BCUT2D eigenvalue weighted by Crippen LogP contribution is 2.25. The summed E-state index contributed by atoms with van der Waals surface area (Å²) in [6.45, 7) is 6.04. The zero-order valence-electron chi connectivity index (χ0n) is 13.7. The number of hydrogen-bond donors (Lipinski definition) is 1. The number of nitrogens with one attached hydrogen (secondary N) is 1. The van der Waals surface area contributed by atoms with E-state index in [9.17, 15) is 4.79 Å². The minimum atomic E-state index is 0.0261. The van der Waals surface area contributed by atoms with Gasteiger partial charge in [0.25, 0.3) is 0 Å². The lowest BCUT2D eigenvalue weighted by molar-refractivity contribution is -0.121. The van der Waals surface area contributed by atoms with E-state index < -0.39 is 0 Å². The van der Waals surface area contributed by atoms with Crippen LogP contribution in [0, 0.1) is 0 Å². The van der Waals surface area contributed by atoms with E-state index in [1.165, 1.54) is 6.42 Å². The third kappa shape index (κ3) is 4.23. The predicted octanol–water partition coefficient (Wildman–Crippen LogP) is 4.88. The van der Waals surface area contributed by atoms with Crippen LogP contribution in [0.15, 0.2) is 40.8 Å². The number of rotatable bonds is 7. The van der Waals surface area contributed by atoms with Crippen LogP contribution >= 0.6 is 0 Å². The summed E-state index contributed by atoms with van der Waals surface area (Å²) >= 11 is 0. The molecular formula is C19H25NO2. The van der Waals surface area contributed by atoms with E-state index in [1.807, 2.05) is 44.2 Å². The van der Waals surface area contributed by atoms with Crippen LogP contribution in [0.4, 0.5) is 0 Å². The molecule has 0 spiro atoms. The van der Waals surface area contributed by atoms with E-state index in [0.29, 0.717) is 6.42 Å². The summed E-state index contributed by atoms with van der Waals surface area (Å²) in [5.41, 5.74) is 2.17. The van der Waals surface area contributed by atoms with Gasteiger partial charge in [0.1, 0.15) is 11.5 Å². The minimum absolute atomic E-state index is 0.0261. The fourth-order valence-corrected chi connectivity index (χ4v) is 2.38. The number of benzene rings is 1. The third-order valence-electron chi connectivity index (χ3n) is 3.83. The van der Waals surface area contributed by atoms with Gasteiger partial charge < -0.3 is 9.73 Å². The summed E-state index contributed by atoms with van der Waals surface area (Å²) in [5.74, 6) is 2.02. The second-order valence-electron chi connectivity index (χ2n) is 5.63. The summed E-state index contributed by atoms with van der Waals surface area (Å²) < 4.78 is 5.88. The van der Waals surface area contributed by atoms with Crippen molar-refractivity contribution in [2.24, 2.45) is 0 Å². The first-order chi connectivity index (χ1) is 10.6. The van der Waals surface area contributed by atoms with Crippen molar-refractivity contribution in [2.75, 3.05) is 0 Å². The number of unbranched alkanes of at least 4 members (excludes halogenated alkanes) is 1. The molecule has 1 aromatic carbocycles. The van der Waals surface area contributed by atoms with Crippen LogP contribution in [-0.4, -0.2) is 5.91 Å². The molecular weight excluding hydrogens is 274 g/mol. The summed E-state index contributed by atoms with van der Waals surface area (Å²) in [6, 6.07) is 12.3. The zero-order chi connectivity index (χ0) is 15.9. The third-order valence-corrected chi connectivity index (χ3v) is 3.83. The van der Waals surface area contributed by atoms with Gasteiger partial charge in [-0.05, 0) is 31.0 Å². The van der Waals surface area contributed by atoms with Gasteiger partial charge in [0.15, 0.2) is 0 Å². The molecule has 1 amide bonds. The SMILES string of the molecule is CCCCc1ccc(-c2ccc(C(C)NC(=O)CC)cc2)o1. The molecule has 0 fully saturated rings. The second kappa shape index (κ2) is 7.83. The number of furan rings is 1. The second-order valence-corrected chi connectivity index (χ2v) is 5.63. The van der Waals surface area contributed by atoms with E-state index in [2.05, 4.69) is 18.3 Å². The molecule has 22 heavy (non-hydrogen) atoms. The molecule has 1 aromatic heterocycles. The van der Waals surface area contributed by atoms with Gasteiger partial charge in [0.05, 0.1) is 6.04 Å². The van der Waals surface area contributed by atoms with Crippen molar-refractivity contribution in [1.29, 1.82) is 0 Å². The first kappa shape index (κ1) is 16.3. The van der Waals surface area contributed by atoms with E-state index in [1.54, 1.807) is 0 Å². The average molecular weight is 299 g/mol. The van der Waals surface area contributed by atoms with Crippen molar-refractivity contribution in [3.8, 4) is 11.3 Å². The normalized spacial score (nSPS) is 12.1. The Morgan fingerprint density at radius 3 is 2.50 bits per heavy atom. The summed E-state index contributed by atoms with van der Waals surface area (Å²) in [4.78, 5) is 11.4. The molecule has 0 bridgehead atoms. The van der Waals surface area contributed by atoms with Gasteiger partial charge in [-0.1, -0.05) is 44.5 Å². The summed E-state index contributed by atoms with van der Waals surface area (Å²) in [7, 11) is 0. The number of carbonyl (C=O) groups excluding carboxylic acids is 1. The van der Waals surface area contributed by atoms with Gasteiger partial charge in [-0.3, -0.25) is 4.79 Å². The lowest BCUT2D eigenvalue weighted by atomic mass is 10.0. The number of aryl methyl sites for hydroxylation is 1. The maximum Gasteiger partial charge on any atom is 0.220 e. The Hall–Kier alpha value is -2.03. The first-order valence-electron chi connectivity index (χ1n) is 8.12. The maximum absolute atomic E-state index is 11.4. The molecule has 2 rings (SSSR count). The van der Waals surface area contributed by atoms with Crippen LogP contribution in [-0.2, 0) is 11.2 Å². The molecule has 1 N–H and O–H groups in total. The average Bonchev–Trinajstić information content (AvgIpc) is 3.01. The monoisotopic (exact) mass is 299 g/mol. The lowest BCUT2D eigenvalue weighted by Gasteiger charge is -2.14. The molecule has 0 saturated heterocycles. The van der Waals surface area contributed by atoms with Crippen LogP contribution in [0.2, 0.25) is 0 Å². The molecule has 1 heterocycles. The maximum atomic E-state index is 11.4. The number of hydrogen-bond acceptors (Lipinski definition) is 2. The number of amides is 1. The quantitative estimate of drug-likeness (QED) is 0.792. The first-order valence-corrected chi connectivity index (χ1v) is 8.12. The minimum Gasteiger partial charge on any atom is -0.461 e. The van der Waals surface area contributed by atoms with Crippen LogP contribution in [0.5, 0.6) is 0 Å². The van der Waals surface area contributed by atoms with Crippen LogP contribution in [0.3, 0.4) is 0 Å². The van der Waals surface area contributed by atoms with Gasteiger partial charge in [-0.15, -0.1) is 0 Å². The fourth-order valence-electron chi connectivity index (χ4n) is 2.38. The molecule has 0 radical (unpaired) electrons. The van der Waals surface area contributed by atoms with E-state index >= 15 is 0 Å². The van der Waals surface area contributed by atoms with Crippen molar-refractivity contribution in [3.63, 3.8) is 0 Å². The molecule has 0 aliphatic rings. The molecule has 3 heteroatoms. The van der Waals surface area contributed by atoms with Gasteiger partial charge in [0, 0.05) is 18.4 Å². The predicted molar refractivity (Wildman–Crippen MR) is 89.6 cm³/mol. The van der Waals surface area contributed by atoms with Crippen LogP contribution < -0.4 is 5.32 Å². The van der Waals surface area contributed by atoms with E-state index in [4.69, 9.17) is 4.42 Å². The Morgan fingerprint density at radius 1 is 1.14 bits per heavy atom. The van der Waals surface area contributed by atoms with E-state index in [-0.39, 0.29) is 11.9 Å². The lowest BCUT2D eigenvalue weighted by Crippen LogP contribution is -2.25. The molecule has 0 aliphatic heterocycles. The van der Waals surface area contributed by atoms with Gasteiger partial charge in [0.2, 0.25) is 5.91 Å². The molecule has 0 saturated carbocycles. The molecule has 118 valence electrons. The zero-order valence-corrected chi connectivity index (χ0v) is 13.7. The summed E-state index contributed by atoms with van der Waals surface area (Å²) in [6.07, 6.45) is 3.83. The van der Waals surface area contributed by atoms with Crippen molar-refractivity contribution < 1.29 is 9.21 Å². The van der Waals surface area contributed by atoms with Gasteiger partial charge >= 0.3 is 0 Å². The standard InChI is InChI=1S/C19H25NO2/c1-4-6-7-17-12-13-18(22-17)16-10-8-15(9-11-16)14(3)20-19(21)5-2/h8-14H,4-7H2,1-3H3,(H,20,21). The Labute approximate surface area is 132 Å². The van der Waals surface area contributed by atoms with Gasteiger partial charge in [-0.25, -0.2) is 0 Å². The Morgan fingerprint density at radius 2 is 1.86 bits per heavy atom. The van der Waals surface area contributed by atoms with Gasteiger partial charge in [-0.2, -0.15) is 0 Å². The molecule has 0 aliphatic carbocycles. The highest BCUT2D eigenvalue weighted by atomic mass is 16.3. The molecule has 1 atom stereocenters. The highest BCUT2D eigenvalue weighted by Gasteiger charge is 2.09. The van der Waals surface area contributed by atoms with E-state index in [0.717, 1.165) is 35.5 Å².